The molecule has 1 fully saturated rings. The second-order valence-electron chi connectivity index (χ2n) is 7.30. The number of pyridine rings is 1. The fourth-order valence-corrected chi connectivity index (χ4v) is 4.37. The minimum atomic E-state index is -4.46. The quantitative estimate of drug-likeness (QED) is 0.454. The third-order valence-electron chi connectivity index (χ3n) is 4.95. The lowest BCUT2D eigenvalue weighted by Gasteiger charge is -2.38. The zero-order chi connectivity index (χ0) is 23.3. The standard InChI is InChI=1S/C21H22ClF4N3O2S/c1-13-11-29(7-8-31-13)17(20-15(22)3-2-4-16(20)23)10-27-18(30)12-32-19-6-5-14(9-28-19)21(24,25)26/h2-6,9,13,17H,7-8,10-12H2,1H3,(H,27,30). The SMILES string of the molecule is CC1CN(C(CNC(=O)CSc2ccc(C(F)(F)F)cn2)c2c(F)cccc2Cl)CCO1. The summed E-state index contributed by atoms with van der Waals surface area (Å²) in [6.07, 6.45) is -3.78. The highest BCUT2D eigenvalue weighted by molar-refractivity contribution is 7.99. The summed E-state index contributed by atoms with van der Waals surface area (Å²) in [5.74, 6) is -0.857. The van der Waals surface area contributed by atoms with Gasteiger partial charge in [-0.3, -0.25) is 9.69 Å². The molecule has 1 aliphatic rings. The van der Waals surface area contributed by atoms with Gasteiger partial charge in [-0.25, -0.2) is 9.37 Å². The van der Waals surface area contributed by atoms with E-state index in [-0.39, 0.29) is 29.3 Å². The van der Waals surface area contributed by atoms with E-state index in [1.54, 1.807) is 6.07 Å². The third-order valence-corrected chi connectivity index (χ3v) is 6.23. The van der Waals surface area contributed by atoms with E-state index in [1.165, 1.54) is 18.2 Å². The molecule has 1 aliphatic heterocycles. The van der Waals surface area contributed by atoms with Crippen LogP contribution < -0.4 is 5.32 Å². The topological polar surface area (TPSA) is 54.5 Å². The number of rotatable bonds is 7. The number of hydrogen-bond donors (Lipinski definition) is 1. The van der Waals surface area contributed by atoms with Gasteiger partial charge < -0.3 is 10.1 Å². The summed E-state index contributed by atoms with van der Waals surface area (Å²) in [5.41, 5.74) is -0.545. The van der Waals surface area contributed by atoms with Crippen molar-refractivity contribution in [3.8, 4) is 0 Å². The Morgan fingerprint density at radius 3 is 2.78 bits per heavy atom. The van der Waals surface area contributed by atoms with Gasteiger partial charge in [0.15, 0.2) is 0 Å². The van der Waals surface area contributed by atoms with Crippen LogP contribution >= 0.6 is 23.4 Å². The number of benzene rings is 1. The minimum absolute atomic E-state index is 0.0460. The van der Waals surface area contributed by atoms with E-state index in [2.05, 4.69) is 10.3 Å². The molecule has 11 heteroatoms. The summed E-state index contributed by atoms with van der Waals surface area (Å²) < 4.78 is 58.1. The molecule has 2 atom stereocenters. The van der Waals surface area contributed by atoms with Crippen molar-refractivity contribution < 1.29 is 27.1 Å². The van der Waals surface area contributed by atoms with Crippen LogP contribution in [0.15, 0.2) is 41.6 Å². The smallest absolute Gasteiger partial charge is 0.376 e. The van der Waals surface area contributed by atoms with E-state index in [0.29, 0.717) is 30.3 Å². The second kappa shape index (κ2) is 10.8. The number of halogens is 5. The van der Waals surface area contributed by atoms with Gasteiger partial charge in [-0.15, -0.1) is 0 Å². The van der Waals surface area contributed by atoms with Gasteiger partial charge >= 0.3 is 6.18 Å². The lowest BCUT2D eigenvalue weighted by Crippen LogP contribution is -2.47. The Hall–Kier alpha value is -1.88. The van der Waals surface area contributed by atoms with E-state index >= 15 is 0 Å². The second-order valence-corrected chi connectivity index (χ2v) is 8.71. The van der Waals surface area contributed by atoms with Crippen LogP contribution in [0, 0.1) is 5.82 Å². The van der Waals surface area contributed by atoms with Gasteiger partial charge in [0.1, 0.15) is 5.82 Å². The molecule has 1 amide bonds. The molecule has 2 aromatic rings. The maximum Gasteiger partial charge on any atom is 0.417 e. The van der Waals surface area contributed by atoms with E-state index in [9.17, 15) is 22.4 Å². The Labute approximate surface area is 192 Å². The van der Waals surface area contributed by atoms with Crippen molar-refractivity contribution in [2.24, 2.45) is 0 Å². The molecule has 32 heavy (non-hydrogen) atoms. The van der Waals surface area contributed by atoms with Crippen LogP contribution in [0.3, 0.4) is 0 Å². The molecule has 0 spiro atoms. The summed E-state index contributed by atoms with van der Waals surface area (Å²) in [6.45, 7) is 3.62. The van der Waals surface area contributed by atoms with Crippen LogP contribution in [0.4, 0.5) is 17.6 Å². The molecule has 3 rings (SSSR count). The Morgan fingerprint density at radius 1 is 1.38 bits per heavy atom. The van der Waals surface area contributed by atoms with E-state index in [1.807, 2.05) is 11.8 Å². The highest BCUT2D eigenvalue weighted by Crippen LogP contribution is 2.31. The molecule has 1 saturated heterocycles. The van der Waals surface area contributed by atoms with Crippen molar-refractivity contribution >= 4 is 29.3 Å². The number of carbonyl (C=O) groups excluding carboxylic acids is 1. The first-order chi connectivity index (χ1) is 15.1. The maximum atomic E-state index is 14.6. The van der Waals surface area contributed by atoms with E-state index in [0.717, 1.165) is 24.0 Å². The average molecular weight is 492 g/mol. The number of aromatic nitrogens is 1. The van der Waals surface area contributed by atoms with Crippen molar-refractivity contribution in [1.29, 1.82) is 0 Å². The number of hydrogen-bond acceptors (Lipinski definition) is 5. The molecule has 0 saturated carbocycles. The number of nitrogens with one attached hydrogen (secondary N) is 1. The van der Waals surface area contributed by atoms with Gasteiger partial charge in [0.25, 0.3) is 0 Å². The van der Waals surface area contributed by atoms with Crippen LogP contribution in [0.25, 0.3) is 0 Å². The van der Waals surface area contributed by atoms with Gasteiger partial charge in [-0.2, -0.15) is 13.2 Å². The number of ether oxygens (including phenoxy) is 1. The van der Waals surface area contributed by atoms with Gasteiger partial charge in [0.2, 0.25) is 5.91 Å². The zero-order valence-electron chi connectivity index (χ0n) is 17.2. The van der Waals surface area contributed by atoms with E-state index < -0.39 is 23.6 Å². The number of morpholine rings is 1. The average Bonchev–Trinajstić information content (AvgIpc) is 2.74. The first-order valence-corrected chi connectivity index (χ1v) is 11.2. The number of amides is 1. The van der Waals surface area contributed by atoms with Crippen molar-refractivity contribution in [3.05, 3.63) is 58.5 Å². The van der Waals surface area contributed by atoms with Crippen molar-refractivity contribution in [1.82, 2.24) is 15.2 Å². The molecule has 1 N–H and O–H groups in total. The summed E-state index contributed by atoms with van der Waals surface area (Å²) >= 11 is 7.29. The Kier molecular flexibility index (Phi) is 8.37. The molecule has 174 valence electrons. The predicted molar refractivity (Wildman–Crippen MR) is 114 cm³/mol. The zero-order valence-corrected chi connectivity index (χ0v) is 18.7. The maximum absolute atomic E-state index is 14.6. The summed E-state index contributed by atoms with van der Waals surface area (Å²) in [7, 11) is 0. The summed E-state index contributed by atoms with van der Waals surface area (Å²) in [4.78, 5) is 18.1. The van der Waals surface area contributed by atoms with Crippen LogP contribution in [-0.4, -0.2) is 53.9 Å². The van der Waals surface area contributed by atoms with Crippen LogP contribution in [0.2, 0.25) is 5.02 Å². The molecule has 2 unspecified atom stereocenters. The molecule has 0 bridgehead atoms. The molecule has 2 heterocycles. The van der Waals surface area contributed by atoms with Crippen LogP contribution in [0.5, 0.6) is 0 Å². The Balaban J connectivity index is 1.63. The van der Waals surface area contributed by atoms with Gasteiger partial charge in [-0.1, -0.05) is 29.4 Å². The molecule has 0 radical (unpaired) electrons. The highest BCUT2D eigenvalue weighted by atomic mass is 35.5. The molecule has 5 nitrogen and oxygen atoms in total. The van der Waals surface area contributed by atoms with E-state index in [4.69, 9.17) is 16.3 Å². The fraction of sp³-hybridized carbons (Fsp3) is 0.429. The lowest BCUT2D eigenvalue weighted by molar-refractivity contribution is -0.137. The van der Waals surface area contributed by atoms with Crippen molar-refractivity contribution in [3.63, 3.8) is 0 Å². The fourth-order valence-electron chi connectivity index (χ4n) is 3.41. The lowest BCUT2D eigenvalue weighted by atomic mass is 10.0. The molecular weight excluding hydrogens is 470 g/mol. The molecule has 0 aliphatic carbocycles. The summed E-state index contributed by atoms with van der Waals surface area (Å²) in [5, 5.41) is 3.34. The first-order valence-electron chi connectivity index (χ1n) is 9.87. The molecule has 1 aromatic heterocycles. The molecular formula is C21H22ClF4N3O2S. The van der Waals surface area contributed by atoms with Gasteiger partial charge in [0.05, 0.1) is 35.1 Å². The Bertz CT molecular complexity index is 910. The normalized spacial score (nSPS) is 18.4. The van der Waals surface area contributed by atoms with Gasteiger partial charge in [-0.05, 0) is 31.2 Å². The largest absolute Gasteiger partial charge is 0.417 e. The van der Waals surface area contributed by atoms with Crippen LogP contribution in [0.1, 0.15) is 24.1 Å². The number of thioether (sulfide) groups is 1. The first kappa shape index (κ1) is 24.8. The monoisotopic (exact) mass is 491 g/mol. The summed E-state index contributed by atoms with van der Waals surface area (Å²) in [6, 6.07) is 6.10. The minimum Gasteiger partial charge on any atom is -0.376 e. The third kappa shape index (κ3) is 6.57. The van der Waals surface area contributed by atoms with Crippen molar-refractivity contribution in [2.45, 2.75) is 30.3 Å². The number of alkyl halides is 3. The highest BCUT2D eigenvalue weighted by Gasteiger charge is 2.31. The van der Waals surface area contributed by atoms with Crippen LogP contribution in [-0.2, 0) is 15.7 Å². The molecule has 1 aromatic carbocycles. The van der Waals surface area contributed by atoms with Crippen molar-refractivity contribution in [2.75, 3.05) is 32.0 Å². The Morgan fingerprint density at radius 2 is 2.16 bits per heavy atom. The number of nitrogens with zero attached hydrogens (tertiary/aromatic N) is 2. The van der Waals surface area contributed by atoms with Gasteiger partial charge in [0, 0.05) is 36.4 Å². The number of carbonyl (C=O) groups is 1. The predicted octanol–water partition coefficient (Wildman–Crippen LogP) is 4.56.